The lowest BCUT2D eigenvalue weighted by Crippen LogP contribution is -1.91. The van der Waals surface area contributed by atoms with Crippen molar-refractivity contribution in [1.82, 2.24) is 15.0 Å². The summed E-state index contributed by atoms with van der Waals surface area (Å²) in [6.45, 7) is 0. The second-order valence-electron chi connectivity index (χ2n) is 4.98. The molecule has 4 aromatic rings. The molecule has 5 nitrogen and oxygen atoms in total. The Bertz CT molecular complexity index is 931. The average molecular weight is 303 g/mol. The number of methoxy groups -OCH3 is 1. The summed E-state index contributed by atoms with van der Waals surface area (Å²) in [5.41, 5.74) is 3.87. The Labute approximate surface area is 132 Å². The Morgan fingerprint density at radius 3 is 2.65 bits per heavy atom. The molecule has 0 bridgehead atoms. The molecule has 0 aliphatic carbocycles. The fraction of sp³-hybridized carbons (Fsp3) is 0.0556. The summed E-state index contributed by atoms with van der Waals surface area (Å²) in [4.78, 5) is 13.0. The van der Waals surface area contributed by atoms with Crippen molar-refractivity contribution in [3.05, 3.63) is 60.9 Å². The van der Waals surface area contributed by atoms with Gasteiger partial charge in [-0.2, -0.15) is 0 Å². The topological polar surface area (TPSA) is 61.0 Å². The third kappa shape index (κ3) is 2.42. The van der Waals surface area contributed by atoms with E-state index in [1.807, 2.05) is 48.5 Å². The van der Waals surface area contributed by atoms with Crippen molar-refractivity contribution in [2.75, 3.05) is 7.11 Å². The van der Waals surface area contributed by atoms with Gasteiger partial charge in [-0.3, -0.25) is 4.98 Å². The molecule has 0 aliphatic heterocycles. The lowest BCUT2D eigenvalue weighted by molar-refractivity contribution is 0.416. The van der Waals surface area contributed by atoms with Gasteiger partial charge in [0.15, 0.2) is 0 Å². The second-order valence-corrected chi connectivity index (χ2v) is 4.98. The molecular weight excluding hydrogens is 290 g/mol. The van der Waals surface area contributed by atoms with Crippen LogP contribution in [0.15, 0.2) is 65.3 Å². The fourth-order valence-corrected chi connectivity index (χ4v) is 2.45. The van der Waals surface area contributed by atoms with E-state index >= 15 is 0 Å². The van der Waals surface area contributed by atoms with Crippen LogP contribution in [-0.2, 0) is 0 Å². The van der Waals surface area contributed by atoms with E-state index in [2.05, 4.69) is 15.0 Å². The maximum absolute atomic E-state index is 5.71. The van der Waals surface area contributed by atoms with E-state index in [1.165, 1.54) is 0 Å². The van der Waals surface area contributed by atoms with Crippen molar-refractivity contribution in [1.29, 1.82) is 0 Å². The first-order chi connectivity index (χ1) is 11.3. The van der Waals surface area contributed by atoms with Crippen molar-refractivity contribution in [3.63, 3.8) is 0 Å². The maximum atomic E-state index is 5.71. The van der Waals surface area contributed by atoms with E-state index in [0.29, 0.717) is 11.6 Å². The van der Waals surface area contributed by atoms with Crippen LogP contribution >= 0.6 is 0 Å². The van der Waals surface area contributed by atoms with Gasteiger partial charge in [0.2, 0.25) is 11.6 Å². The summed E-state index contributed by atoms with van der Waals surface area (Å²) >= 11 is 0. The lowest BCUT2D eigenvalue weighted by Gasteiger charge is -2.09. The van der Waals surface area contributed by atoms with Crippen molar-refractivity contribution >= 4 is 11.2 Å². The molecule has 0 saturated carbocycles. The van der Waals surface area contributed by atoms with Gasteiger partial charge in [-0.05, 0) is 42.5 Å². The molecule has 23 heavy (non-hydrogen) atoms. The van der Waals surface area contributed by atoms with Crippen molar-refractivity contribution in [2.45, 2.75) is 0 Å². The monoisotopic (exact) mass is 303 g/mol. The number of rotatable bonds is 3. The van der Waals surface area contributed by atoms with E-state index in [-0.39, 0.29) is 0 Å². The van der Waals surface area contributed by atoms with Crippen LogP contribution in [0.3, 0.4) is 0 Å². The molecule has 0 atom stereocenters. The molecular formula is C18H13N3O2. The number of ether oxygens (including phenoxy) is 1. The molecule has 0 saturated heterocycles. The zero-order valence-corrected chi connectivity index (χ0v) is 12.4. The maximum Gasteiger partial charge on any atom is 0.247 e. The summed E-state index contributed by atoms with van der Waals surface area (Å²) in [6, 6.07) is 15.3. The molecule has 4 rings (SSSR count). The van der Waals surface area contributed by atoms with Gasteiger partial charge < -0.3 is 9.15 Å². The Hall–Kier alpha value is -3.21. The van der Waals surface area contributed by atoms with E-state index in [4.69, 9.17) is 9.15 Å². The van der Waals surface area contributed by atoms with Crippen LogP contribution in [0.25, 0.3) is 33.9 Å². The molecule has 3 aromatic heterocycles. The van der Waals surface area contributed by atoms with Gasteiger partial charge in [0.25, 0.3) is 0 Å². The number of fused-ring (bicyclic) bond motifs is 1. The molecule has 1 aromatic carbocycles. The molecule has 3 heterocycles. The van der Waals surface area contributed by atoms with Gasteiger partial charge in [0.1, 0.15) is 11.3 Å². The van der Waals surface area contributed by atoms with Gasteiger partial charge in [-0.1, -0.05) is 6.07 Å². The number of hydrogen-bond acceptors (Lipinski definition) is 5. The third-order valence-electron chi connectivity index (χ3n) is 3.56. The summed E-state index contributed by atoms with van der Waals surface area (Å²) in [5, 5.41) is 0. The average Bonchev–Trinajstić information content (AvgIpc) is 3.06. The van der Waals surface area contributed by atoms with Crippen molar-refractivity contribution < 1.29 is 9.15 Å². The zero-order chi connectivity index (χ0) is 15.6. The smallest absolute Gasteiger partial charge is 0.247 e. The van der Waals surface area contributed by atoms with Gasteiger partial charge in [0, 0.05) is 23.5 Å². The number of nitrogens with zero attached hydrogens (tertiary/aromatic N) is 3. The number of benzene rings is 1. The third-order valence-corrected chi connectivity index (χ3v) is 3.56. The van der Waals surface area contributed by atoms with Crippen LogP contribution in [-0.4, -0.2) is 22.1 Å². The van der Waals surface area contributed by atoms with Crippen LogP contribution in [0.4, 0.5) is 0 Å². The lowest BCUT2D eigenvalue weighted by atomic mass is 10.1. The highest BCUT2D eigenvalue weighted by Gasteiger charge is 2.13. The van der Waals surface area contributed by atoms with E-state index in [9.17, 15) is 0 Å². The van der Waals surface area contributed by atoms with Crippen molar-refractivity contribution in [3.8, 4) is 28.5 Å². The van der Waals surface area contributed by atoms with E-state index in [0.717, 1.165) is 28.1 Å². The molecule has 112 valence electrons. The largest absolute Gasteiger partial charge is 0.496 e. The molecule has 0 spiro atoms. The molecule has 0 unspecified atom stereocenters. The van der Waals surface area contributed by atoms with Crippen LogP contribution < -0.4 is 4.74 Å². The molecule has 0 radical (unpaired) electrons. The van der Waals surface area contributed by atoms with Crippen molar-refractivity contribution in [2.24, 2.45) is 0 Å². The van der Waals surface area contributed by atoms with Gasteiger partial charge in [0.05, 0.1) is 12.8 Å². The summed E-state index contributed by atoms with van der Waals surface area (Å²) < 4.78 is 11.2. The quantitative estimate of drug-likeness (QED) is 0.573. The standard InChI is InChI=1S/C18H13N3O2/c1-22-16-11-12(7-8-13(16)14-5-2-3-9-19-14)17-21-15-6-4-10-20-18(15)23-17/h2-11H,1H3. The molecule has 0 aliphatic rings. The fourth-order valence-electron chi connectivity index (χ4n) is 2.45. The first-order valence-electron chi connectivity index (χ1n) is 7.16. The predicted molar refractivity (Wildman–Crippen MR) is 87.0 cm³/mol. The Morgan fingerprint density at radius 1 is 0.957 bits per heavy atom. The van der Waals surface area contributed by atoms with Crippen LogP contribution in [0.1, 0.15) is 0 Å². The van der Waals surface area contributed by atoms with Gasteiger partial charge >= 0.3 is 0 Å². The first kappa shape index (κ1) is 13.5. The number of oxazole rings is 1. The van der Waals surface area contributed by atoms with Gasteiger partial charge in [-0.15, -0.1) is 0 Å². The van der Waals surface area contributed by atoms with Crippen LogP contribution in [0.2, 0.25) is 0 Å². The zero-order valence-electron chi connectivity index (χ0n) is 12.4. The molecule has 0 N–H and O–H groups in total. The highest BCUT2D eigenvalue weighted by molar-refractivity contribution is 5.75. The van der Waals surface area contributed by atoms with E-state index < -0.39 is 0 Å². The second kappa shape index (κ2) is 5.53. The highest BCUT2D eigenvalue weighted by atomic mass is 16.5. The molecule has 0 amide bonds. The minimum Gasteiger partial charge on any atom is -0.496 e. The van der Waals surface area contributed by atoms with Gasteiger partial charge in [-0.25, -0.2) is 9.97 Å². The summed E-state index contributed by atoms with van der Waals surface area (Å²) in [5.74, 6) is 1.24. The first-order valence-corrected chi connectivity index (χ1v) is 7.16. The number of aromatic nitrogens is 3. The number of pyridine rings is 2. The molecule has 5 heteroatoms. The number of hydrogen-bond donors (Lipinski definition) is 0. The van der Waals surface area contributed by atoms with E-state index in [1.54, 1.807) is 19.5 Å². The van der Waals surface area contributed by atoms with Crippen LogP contribution in [0.5, 0.6) is 5.75 Å². The normalized spacial score (nSPS) is 10.8. The Morgan fingerprint density at radius 2 is 1.87 bits per heavy atom. The Kier molecular flexibility index (Phi) is 3.24. The SMILES string of the molecule is COc1cc(-c2nc3cccnc3o2)ccc1-c1ccccn1. The minimum absolute atomic E-state index is 0.518. The summed E-state index contributed by atoms with van der Waals surface area (Å²) in [7, 11) is 1.64. The molecule has 0 fully saturated rings. The predicted octanol–water partition coefficient (Wildman–Crippen LogP) is 3.96. The highest BCUT2D eigenvalue weighted by Crippen LogP contribution is 2.33. The minimum atomic E-state index is 0.518. The van der Waals surface area contributed by atoms with Crippen LogP contribution in [0, 0.1) is 0 Å². The Balaban J connectivity index is 1.81. The summed E-state index contributed by atoms with van der Waals surface area (Å²) in [6.07, 6.45) is 3.44.